The average Bonchev–Trinajstić information content (AvgIpc) is 3.12. The molecule has 0 aliphatic carbocycles. The molecule has 0 spiro atoms. The van der Waals surface area contributed by atoms with Crippen molar-refractivity contribution in [3.05, 3.63) is 54.5 Å². The minimum atomic E-state index is 0.438. The lowest BCUT2D eigenvalue weighted by Gasteiger charge is -2.10. The number of aromatic amines is 1. The van der Waals surface area contributed by atoms with Crippen LogP contribution in [0.1, 0.15) is 5.56 Å². The number of hydrogen-bond donors (Lipinski definition) is 5. The molecule has 0 fully saturated rings. The van der Waals surface area contributed by atoms with E-state index >= 15 is 0 Å². The van der Waals surface area contributed by atoms with Crippen molar-refractivity contribution in [2.24, 2.45) is 0 Å². The second-order valence-corrected chi connectivity index (χ2v) is 5.93. The number of aromatic nitrogens is 4. The largest absolute Gasteiger partial charge is 0.398 e. The van der Waals surface area contributed by atoms with Gasteiger partial charge >= 0.3 is 0 Å². The van der Waals surface area contributed by atoms with E-state index in [0.717, 1.165) is 22.2 Å². The molecule has 0 unspecified atom stereocenters. The van der Waals surface area contributed by atoms with Gasteiger partial charge in [-0.15, -0.1) is 0 Å². The molecule has 0 amide bonds. The lowest BCUT2D eigenvalue weighted by molar-refractivity contribution is 1.19. The highest BCUT2D eigenvalue weighted by Gasteiger charge is 2.14. The van der Waals surface area contributed by atoms with E-state index in [-0.39, 0.29) is 0 Å². The molecule has 4 rings (SSSR count). The summed E-state index contributed by atoms with van der Waals surface area (Å²) < 4.78 is 0. The van der Waals surface area contributed by atoms with Crippen LogP contribution in [-0.4, -0.2) is 33.2 Å². The summed E-state index contributed by atoms with van der Waals surface area (Å²) in [4.78, 5) is 16.5. The molecule has 0 radical (unpaired) electrons. The lowest BCUT2D eigenvalue weighted by atomic mass is 10.1. The van der Waals surface area contributed by atoms with Gasteiger partial charge in [0, 0.05) is 59.9 Å². The van der Waals surface area contributed by atoms with Crippen LogP contribution < -0.4 is 16.4 Å². The van der Waals surface area contributed by atoms with Crippen molar-refractivity contribution in [2.75, 3.05) is 23.4 Å². The fourth-order valence-electron chi connectivity index (χ4n) is 2.93. The van der Waals surface area contributed by atoms with E-state index in [2.05, 4.69) is 30.6 Å². The van der Waals surface area contributed by atoms with Crippen LogP contribution >= 0.6 is 0 Å². The van der Waals surface area contributed by atoms with Crippen molar-refractivity contribution in [3.8, 4) is 11.1 Å². The number of fused-ring (bicyclic) bond motifs is 1. The van der Waals surface area contributed by atoms with E-state index < -0.39 is 0 Å². The number of pyridine rings is 1. The molecule has 8 heteroatoms. The topological polar surface area (TPSA) is 128 Å². The van der Waals surface area contributed by atoms with Crippen molar-refractivity contribution in [2.45, 2.75) is 0 Å². The lowest BCUT2D eigenvalue weighted by Crippen LogP contribution is -2.03. The highest BCUT2D eigenvalue weighted by molar-refractivity contribution is 6.01. The van der Waals surface area contributed by atoms with Gasteiger partial charge in [0.15, 0.2) is 0 Å². The predicted octanol–water partition coefficient (Wildman–Crippen LogP) is 3.39. The van der Waals surface area contributed by atoms with E-state index in [9.17, 15) is 0 Å². The first-order valence-electron chi connectivity index (χ1n) is 8.34. The van der Waals surface area contributed by atoms with Gasteiger partial charge in [-0.3, -0.25) is 4.98 Å². The number of hydrogen-bond acceptors (Lipinski definition) is 7. The SMILES string of the molecule is CNc1nc(Nc2ccc(C=N)c(N)c2)nc2[nH]cc(-c3cccnc3)c12. The van der Waals surface area contributed by atoms with Crippen molar-refractivity contribution in [1.29, 1.82) is 5.41 Å². The van der Waals surface area contributed by atoms with Crippen LogP contribution in [0.4, 0.5) is 23.1 Å². The minimum Gasteiger partial charge on any atom is -0.398 e. The average molecular weight is 358 g/mol. The van der Waals surface area contributed by atoms with Crippen LogP contribution in [0.15, 0.2) is 48.9 Å². The number of nitrogens with zero attached hydrogens (tertiary/aromatic N) is 3. The number of benzene rings is 1. The Balaban J connectivity index is 1.76. The normalized spacial score (nSPS) is 10.7. The maximum atomic E-state index is 7.33. The van der Waals surface area contributed by atoms with E-state index in [1.165, 1.54) is 6.21 Å². The molecule has 134 valence electrons. The molecule has 27 heavy (non-hydrogen) atoms. The number of H-pyrrole nitrogens is 1. The Bertz CT molecular complexity index is 1120. The number of nitrogen functional groups attached to an aromatic ring is 1. The molecule has 0 bridgehead atoms. The molecule has 1 aromatic carbocycles. The Morgan fingerprint density at radius 3 is 2.81 bits per heavy atom. The minimum absolute atomic E-state index is 0.438. The molecule has 0 saturated carbocycles. The maximum Gasteiger partial charge on any atom is 0.231 e. The zero-order chi connectivity index (χ0) is 18.8. The molecule has 8 nitrogen and oxygen atoms in total. The van der Waals surface area contributed by atoms with Gasteiger partial charge in [0.2, 0.25) is 5.95 Å². The van der Waals surface area contributed by atoms with Gasteiger partial charge in [0.1, 0.15) is 11.5 Å². The molecule has 0 aliphatic heterocycles. The third-order valence-electron chi connectivity index (χ3n) is 4.24. The van der Waals surface area contributed by atoms with Crippen molar-refractivity contribution >= 4 is 40.4 Å². The number of rotatable bonds is 5. The standard InChI is InChI=1S/C19H18N8/c1-22-17-16-14(12-3-2-6-23-9-12)10-24-18(16)27-19(26-17)25-13-5-4-11(8-20)15(21)7-13/h2-10,20H,21H2,1H3,(H3,22,24,25,26,27). The second kappa shape index (κ2) is 6.75. The highest BCUT2D eigenvalue weighted by atomic mass is 15.2. The third kappa shape index (κ3) is 3.04. The smallest absolute Gasteiger partial charge is 0.231 e. The van der Waals surface area contributed by atoms with Gasteiger partial charge in [-0.2, -0.15) is 9.97 Å². The molecule has 3 heterocycles. The van der Waals surface area contributed by atoms with Gasteiger partial charge in [0.25, 0.3) is 0 Å². The van der Waals surface area contributed by atoms with Crippen molar-refractivity contribution < 1.29 is 0 Å². The molecule has 3 aromatic heterocycles. The highest BCUT2D eigenvalue weighted by Crippen LogP contribution is 2.33. The molecule has 0 aliphatic rings. The van der Waals surface area contributed by atoms with Gasteiger partial charge in [-0.05, 0) is 24.3 Å². The Hall–Kier alpha value is -3.94. The van der Waals surface area contributed by atoms with Gasteiger partial charge in [-0.25, -0.2) is 0 Å². The first-order chi connectivity index (χ1) is 13.2. The first kappa shape index (κ1) is 16.5. The molecule has 0 saturated heterocycles. The number of nitrogens with one attached hydrogen (secondary N) is 4. The zero-order valence-electron chi connectivity index (χ0n) is 14.6. The van der Waals surface area contributed by atoms with E-state index in [0.29, 0.717) is 28.7 Å². The Kier molecular flexibility index (Phi) is 4.13. The zero-order valence-corrected chi connectivity index (χ0v) is 14.6. The van der Waals surface area contributed by atoms with E-state index in [1.54, 1.807) is 18.3 Å². The quantitative estimate of drug-likeness (QED) is 0.275. The Labute approximate surface area is 155 Å². The molecule has 6 N–H and O–H groups in total. The number of anilines is 4. The Morgan fingerprint density at radius 1 is 1.22 bits per heavy atom. The van der Waals surface area contributed by atoms with Crippen molar-refractivity contribution in [1.82, 2.24) is 19.9 Å². The summed E-state index contributed by atoms with van der Waals surface area (Å²) in [5, 5.41) is 14.5. The Morgan fingerprint density at radius 2 is 2.11 bits per heavy atom. The third-order valence-corrected chi connectivity index (χ3v) is 4.24. The molecular formula is C19H18N8. The van der Waals surface area contributed by atoms with Crippen LogP contribution in [0.5, 0.6) is 0 Å². The van der Waals surface area contributed by atoms with Crippen molar-refractivity contribution in [3.63, 3.8) is 0 Å². The summed E-state index contributed by atoms with van der Waals surface area (Å²) in [5.41, 5.74) is 10.5. The summed E-state index contributed by atoms with van der Waals surface area (Å²) in [7, 11) is 1.82. The number of nitrogens with two attached hydrogens (primary N) is 1. The fourth-order valence-corrected chi connectivity index (χ4v) is 2.93. The van der Waals surface area contributed by atoms with E-state index in [1.807, 2.05) is 37.6 Å². The van der Waals surface area contributed by atoms with Crippen LogP contribution in [-0.2, 0) is 0 Å². The molecule has 4 aromatic rings. The monoisotopic (exact) mass is 358 g/mol. The molecular weight excluding hydrogens is 340 g/mol. The van der Waals surface area contributed by atoms with Crippen LogP contribution in [0.3, 0.4) is 0 Å². The fraction of sp³-hybridized carbons (Fsp3) is 0.0526. The van der Waals surface area contributed by atoms with E-state index in [4.69, 9.17) is 11.1 Å². The van der Waals surface area contributed by atoms with Crippen LogP contribution in [0, 0.1) is 5.41 Å². The van der Waals surface area contributed by atoms with Gasteiger partial charge < -0.3 is 26.8 Å². The van der Waals surface area contributed by atoms with Crippen LogP contribution in [0.25, 0.3) is 22.2 Å². The predicted molar refractivity (Wildman–Crippen MR) is 109 cm³/mol. The van der Waals surface area contributed by atoms with Gasteiger partial charge in [-0.1, -0.05) is 6.07 Å². The summed E-state index contributed by atoms with van der Waals surface area (Å²) >= 11 is 0. The summed E-state index contributed by atoms with van der Waals surface area (Å²) in [6, 6.07) is 9.25. The second-order valence-electron chi connectivity index (χ2n) is 5.93. The maximum absolute atomic E-state index is 7.33. The summed E-state index contributed by atoms with van der Waals surface area (Å²) in [5.74, 6) is 1.14. The van der Waals surface area contributed by atoms with Crippen LogP contribution in [0.2, 0.25) is 0 Å². The first-order valence-corrected chi connectivity index (χ1v) is 8.34. The summed E-state index contributed by atoms with van der Waals surface area (Å²) in [6.45, 7) is 0. The summed E-state index contributed by atoms with van der Waals surface area (Å²) in [6.07, 6.45) is 6.67. The molecule has 0 atom stereocenters. The van der Waals surface area contributed by atoms with Gasteiger partial charge in [0.05, 0.1) is 5.39 Å².